The van der Waals surface area contributed by atoms with Crippen LogP contribution in [0.1, 0.15) is 0 Å². The molecule has 5 nitrogen and oxygen atoms in total. The van der Waals surface area contributed by atoms with Gasteiger partial charge in [-0.25, -0.2) is 9.97 Å². The van der Waals surface area contributed by atoms with Gasteiger partial charge in [0.15, 0.2) is 5.82 Å². The molecule has 0 amide bonds. The lowest BCUT2D eigenvalue weighted by Crippen LogP contribution is -1.96. The molecule has 0 aliphatic heterocycles. The summed E-state index contributed by atoms with van der Waals surface area (Å²) in [5.74, 6) is 1.48. The van der Waals surface area contributed by atoms with Crippen molar-refractivity contribution in [2.45, 2.75) is 0 Å². The molecule has 0 spiro atoms. The topological polar surface area (TPSA) is 55.6 Å². The number of halogens is 1. The minimum Gasteiger partial charge on any atom is -0.323 e. The zero-order chi connectivity index (χ0) is 9.97. The number of anilines is 2. The third kappa shape index (κ3) is 2.08. The average Bonchev–Trinajstić information content (AvgIpc) is 2.51. The minimum absolute atomic E-state index is 0.713. The third-order valence-electron chi connectivity index (χ3n) is 1.60. The van der Waals surface area contributed by atoms with E-state index in [9.17, 15) is 0 Å². The summed E-state index contributed by atoms with van der Waals surface area (Å²) >= 11 is 3.26. The fourth-order valence-electron chi connectivity index (χ4n) is 1.01. The SMILES string of the molecule is Cn1ccc(Nc2cc(Br)ncn2)n1. The standard InChI is InChI=1S/C8H8BrN5/c1-14-3-2-7(13-14)12-8-4-6(9)10-5-11-8/h2-5H,1H3,(H,10,11,12,13). The number of aryl methyl sites for hydroxylation is 1. The van der Waals surface area contributed by atoms with Gasteiger partial charge in [-0.1, -0.05) is 0 Å². The van der Waals surface area contributed by atoms with Crippen LogP contribution >= 0.6 is 15.9 Å². The monoisotopic (exact) mass is 253 g/mol. The van der Waals surface area contributed by atoms with Crippen molar-refractivity contribution < 1.29 is 0 Å². The van der Waals surface area contributed by atoms with Crippen LogP contribution in [0.4, 0.5) is 11.6 Å². The van der Waals surface area contributed by atoms with Crippen LogP contribution in [0.15, 0.2) is 29.3 Å². The van der Waals surface area contributed by atoms with Crippen molar-refractivity contribution in [1.82, 2.24) is 19.7 Å². The van der Waals surface area contributed by atoms with Crippen LogP contribution in [0.3, 0.4) is 0 Å². The summed E-state index contributed by atoms with van der Waals surface area (Å²) in [6, 6.07) is 3.66. The highest BCUT2D eigenvalue weighted by Crippen LogP contribution is 2.14. The summed E-state index contributed by atoms with van der Waals surface area (Å²) in [7, 11) is 1.86. The summed E-state index contributed by atoms with van der Waals surface area (Å²) in [4.78, 5) is 7.97. The van der Waals surface area contributed by atoms with Crippen molar-refractivity contribution >= 4 is 27.6 Å². The lowest BCUT2D eigenvalue weighted by atomic mass is 10.5. The van der Waals surface area contributed by atoms with E-state index in [0.717, 1.165) is 10.4 Å². The maximum Gasteiger partial charge on any atom is 0.153 e. The molecular weight excluding hydrogens is 246 g/mol. The van der Waals surface area contributed by atoms with Crippen molar-refractivity contribution in [2.75, 3.05) is 5.32 Å². The van der Waals surface area contributed by atoms with Crippen molar-refractivity contribution in [2.24, 2.45) is 7.05 Å². The molecular formula is C8H8BrN5. The Hall–Kier alpha value is -1.43. The summed E-state index contributed by atoms with van der Waals surface area (Å²) < 4.78 is 2.46. The summed E-state index contributed by atoms with van der Waals surface area (Å²) in [5, 5.41) is 7.22. The summed E-state index contributed by atoms with van der Waals surface area (Å²) in [6.45, 7) is 0. The number of aromatic nitrogens is 4. The van der Waals surface area contributed by atoms with E-state index in [-0.39, 0.29) is 0 Å². The molecule has 0 bridgehead atoms. The predicted molar refractivity (Wildman–Crippen MR) is 56.2 cm³/mol. The Morgan fingerprint density at radius 1 is 1.36 bits per heavy atom. The lowest BCUT2D eigenvalue weighted by Gasteiger charge is -2.00. The van der Waals surface area contributed by atoms with Gasteiger partial charge in [0.05, 0.1) is 0 Å². The number of hydrogen-bond acceptors (Lipinski definition) is 4. The van der Waals surface area contributed by atoms with Crippen LogP contribution in [0.2, 0.25) is 0 Å². The maximum absolute atomic E-state index is 4.17. The fourth-order valence-corrected chi connectivity index (χ4v) is 1.32. The largest absolute Gasteiger partial charge is 0.323 e. The van der Waals surface area contributed by atoms with Crippen LogP contribution in [0.5, 0.6) is 0 Å². The van der Waals surface area contributed by atoms with E-state index >= 15 is 0 Å². The van der Waals surface area contributed by atoms with Gasteiger partial charge in [0.2, 0.25) is 0 Å². The molecule has 0 atom stereocenters. The summed E-state index contributed by atoms with van der Waals surface area (Å²) in [6.07, 6.45) is 3.34. The maximum atomic E-state index is 4.17. The molecule has 0 unspecified atom stereocenters. The van der Waals surface area contributed by atoms with Crippen molar-refractivity contribution in [3.8, 4) is 0 Å². The van der Waals surface area contributed by atoms with E-state index in [4.69, 9.17) is 0 Å². The second-order valence-electron chi connectivity index (χ2n) is 2.73. The highest BCUT2D eigenvalue weighted by atomic mass is 79.9. The van der Waals surface area contributed by atoms with Gasteiger partial charge >= 0.3 is 0 Å². The molecule has 2 rings (SSSR count). The van der Waals surface area contributed by atoms with Gasteiger partial charge in [0.1, 0.15) is 16.7 Å². The van der Waals surface area contributed by atoms with E-state index in [0.29, 0.717) is 5.82 Å². The van der Waals surface area contributed by atoms with Gasteiger partial charge in [-0.3, -0.25) is 4.68 Å². The second kappa shape index (κ2) is 3.75. The molecule has 6 heteroatoms. The van der Waals surface area contributed by atoms with Crippen LogP contribution < -0.4 is 5.32 Å². The molecule has 1 N–H and O–H groups in total. The number of rotatable bonds is 2. The Bertz CT molecular complexity index is 439. The van der Waals surface area contributed by atoms with Crippen molar-refractivity contribution in [1.29, 1.82) is 0 Å². The highest BCUT2D eigenvalue weighted by Gasteiger charge is 1.99. The molecule has 0 saturated carbocycles. The fraction of sp³-hybridized carbons (Fsp3) is 0.125. The van der Waals surface area contributed by atoms with Crippen molar-refractivity contribution in [3.63, 3.8) is 0 Å². The van der Waals surface area contributed by atoms with E-state index in [1.807, 2.05) is 19.3 Å². The molecule has 0 saturated heterocycles. The van der Waals surface area contributed by atoms with Gasteiger partial charge < -0.3 is 5.32 Å². The van der Waals surface area contributed by atoms with Gasteiger partial charge in [-0.2, -0.15) is 5.10 Å². The highest BCUT2D eigenvalue weighted by molar-refractivity contribution is 9.10. The third-order valence-corrected chi connectivity index (χ3v) is 2.04. The Balaban J connectivity index is 2.18. The van der Waals surface area contributed by atoms with E-state index in [1.54, 1.807) is 10.7 Å². The molecule has 0 fully saturated rings. The molecule has 2 aromatic rings. The Labute approximate surface area is 89.3 Å². The number of nitrogens with one attached hydrogen (secondary N) is 1. The molecule has 0 aromatic carbocycles. The Morgan fingerprint density at radius 2 is 2.21 bits per heavy atom. The lowest BCUT2D eigenvalue weighted by molar-refractivity contribution is 0.771. The second-order valence-corrected chi connectivity index (χ2v) is 3.54. The average molecular weight is 254 g/mol. The van der Waals surface area contributed by atoms with Gasteiger partial charge in [-0.05, 0) is 15.9 Å². The van der Waals surface area contributed by atoms with E-state index < -0.39 is 0 Å². The van der Waals surface area contributed by atoms with E-state index in [1.165, 1.54) is 6.33 Å². The molecule has 2 heterocycles. The first-order valence-electron chi connectivity index (χ1n) is 3.98. The quantitative estimate of drug-likeness (QED) is 0.829. The molecule has 14 heavy (non-hydrogen) atoms. The molecule has 0 aliphatic carbocycles. The number of nitrogens with zero attached hydrogens (tertiary/aromatic N) is 4. The molecule has 72 valence electrons. The zero-order valence-electron chi connectivity index (χ0n) is 7.48. The zero-order valence-corrected chi connectivity index (χ0v) is 9.06. The van der Waals surface area contributed by atoms with Crippen molar-refractivity contribution in [3.05, 3.63) is 29.3 Å². The normalized spacial score (nSPS) is 10.1. The molecule has 2 aromatic heterocycles. The summed E-state index contributed by atoms with van der Waals surface area (Å²) in [5.41, 5.74) is 0. The minimum atomic E-state index is 0.713. The Kier molecular flexibility index (Phi) is 2.45. The number of hydrogen-bond donors (Lipinski definition) is 1. The van der Waals surface area contributed by atoms with Crippen LogP contribution in [-0.2, 0) is 7.05 Å². The smallest absolute Gasteiger partial charge is 0.153 e. The first-order valence-corrected chi connectivity index (χ1v) is 4.77. The van der Waals surface area contributed by atoms with Gasteiger partial charge in [0, 0.05) is 25.4 Å². The van der Waals surface area contributed by atoms with Gasteiger partial charge in [0.25, 0.3) is 0 Å². The first kappa shape index (κ1) is 9.14. The van der Waals surface area contributed by atoms with Crippen LogP contribution in [-0.4, -0.2) is 19.7 Å². The molecule has 0 radical (unpaired) electrons. The molecule has 0 aliphatic rings. The first-order chi connectivity index (χ1) is 6.74. The van der Waals surface area contributed by atoms with Crippen LogP contribution in [0.25, 0.3) is 0 Å². The predicted octanol–water partition coefficient (Wildman–Crippen LogP) is 1.72. The van der Waals surface area contributed by atoms with E-state index in [2.05, 4.69) is 36.3 Å². The Morgan fingerprint density at radius 3 is 2.86 bits per heavy atom. The van der Waals surface area contributed by atoms with Crippen LogP contribution in [0, 0.1) is 0 Å². The van der Waals surface area contributed by atoms with Gasteiger partial charge in [-0.15, -0.1) is 0 Å².